The van der Waals surface area contributed by atoms with Crippen molar-refractivity contribution in [3.05, 3.63) is 59.3 Å². The van der Waals surface area contributed by atoms with Crippen LogP contribution < -0.4 is 5.32 Å². The normalized spacial score (nSPS) is 20.4. The molecule has 0 bridgehead atoms. The first-order valence-corrected chi connectivity index (χ1v) is 10.8. The second kappa shape index (κ2) is 9.12. The fourth-order valence-electron chi connectivity index (χ4n) is 4.40. The number of ether oxygens (including phenoxy) is 1. The van der Waals surface area contributed by atoms with E-state index in [1.807, 2.05) is 6.07 Å². The molecule has 2 amide bonds. The lowest BCUT2D eigenvalue weighted by molar-refractivity contribution is -0.0844. The lowest BCUT2D eigenvalue weighted by atomic mass is 9.96. The van der Waals surface area contributed by atoms with Gasteiger partial charge in [0.1, 0.15) is 18.2 Å². The number of hydrogen-bond acceptors (Lipinski definition) is 8. The topological polar surface area (TPSA) is 125 Å². The monoisotopic (exact) mass is 463 g/mol. The van der Waals surface area contributed by atoms with Gasteiger partial charge in [-0.25, -0.2) is 14.2 Å². The fourth-order valence-corrected chi connectivity index (χ4v) is 4.40. The number of carbonyl (C=O) groups is 1. The van der Waals surface area contributed by atoms with Crippen molar-refractivity contribution in [2.24, 2.45) is 0 Å². The quantitative estimate of drug-likeness (QED) is 0.622. The number of nitriles is 1. The minimum Gasteiger partial charge on any atom is -0.370 e. The third-order valence-electron chi connectivity index (χ3n) is 6.28. The van der Waals surface area contributed by atoms with Crippen LogP contribution in [0.5, 0.6) is 0 Å². The number of hydrogen-bond donors (Lipinski definition) is 1. The number of urea groups is 1. The number of amides is 2. The first kappa shape index (κ1) is 21.9. The van der Waals surface area contributed by atoms with Crippen molar-refractivity contribution in [3.63, 3.8) is 0 Å². The Hall–Kier alpha value is -3.95. The Balaban J connectivity index is 1.19. The molecule has 0 aliphatic carbocycles. The fraction of sp³-hybridized carbons (Fsp3) is 0.364. The highest BCUT2D eigenvalue weighted by Gasteiger charge is 2.36. The Bertz CT molecular complexity index is 1230. The van der Waals surface area contributed by atoms with Crippen molar-refractivity contribution >= 4 is 11.7 Å². The molecule has 5 rings (SSSR count). The maximum Gasteiger partial charge on any atom is 0.321 e. The third kappa shape index (κ3) is 4.18. The maximum atomic E-state index is 13.9. The Morgan fingerprint density at radius 2 is 2.15 bits per heavy atom. The summed E-state index contributed by atoms with van der Waals surface area (Å²) in [6.45, 7) is 4.60. The second-order valence-corrected chi connectivity index (χ2v) is 8.25. The van der Waals surface area contributed by atoms with Crippen LogP contribution >= 0.6 is 0 Å². The SMILES string of the molecule is Cc1c([C@@H]2CN3CCN(C(=O)Nc4ccc(-n5cnnn5)nc4)C[C@@H]3CO2)ccc(F)c1C#N. The van der Waals surface area contributed by atoms with Gasteiger partial charge in [0.15, 0.2) is 5.82 Å². The molecule has 2 aliphatic heterocycles. The minimum absolute atomic E-state index is 0.0604. The molecule has 4 heterocycles. The van der Waals surface area contributed by atoms with Crippen molar-refractivity contribution in [1.82, 2.24) is 35.0 Å². The van der Waals surface area contributed by atoms with Crippen LogP contribution in [0.25, 0.3) is 5.82 Å². The van der Waals surface area contributed by atoms with E-state index in [-0.39, 0.29) is 23.7 Å². The molecule has 2 aliphatic rings. The van der Waals surface area contributed by atoms with Crippen LogP contribution in [0.2, 0.25) is 0 Å². The number of aromatic nitrogens is 5. The van der Waals surface area contributed by atoms with Gasteiger partial charge < -0.3 is 15.0 Å². The lowest BCUT2D eigenvalue weighted by Gasteiger charge is -2.46. The number of pyridine rings is 1. The van der Waals surface area contributed by atoms with Crippen LogP contribution in [0.4, 0.5) is 14.9 Å². The first-order valence-electron chi connectivity index (χ1n) is 10.8. The van der Waals surface area contributed by atoms with E-state index in [0.29, 0.717) is 49.9 Å². The molecule has 0 radical (unpaired) electrons. The van der Waals surface area contributed by atoms with E-state index in [0.717, 1.165) is 5.56 Å². The van der Waals surface area contributed by atoms with E-state index >= 15 is 0 Å². The van der Waals surface area contributed by atoms with E-state index in [1.54, 1.807) is 36.2 Å². The molecule has 2 saturated heterocycles. The highest BCUT2D eigenvalue weighted by Crippen LogP contribution is 2.31. The summed E-state index contributed by atoms with van der Waals surface area (Å²) in [5, 5.41) is 23.1. The van der Waals surface area contributed by atoms with E-state index in [1.165, 1.54) is 17.1 Å². The summed E-state index contributed by atoms with van der Waals surface area (Å²) in [6, 6.07) is 8.27. The van der Waals surface area contributed by atoms with Crippen molar-refractivity contribution in [1.29, 1.82) is 5.26 Å². The predicted octanol–water partition coefficient (Wildman–Crippen LogP) is 1.67. The van der Waals surface area contributed by atoms with Gasteiger partial charge in [-0.2, -0.15) is 9.94 Å². The van der Waals surface area contributed by atoms with Gasteiger partial charge in [-0.1, -0.05) is 6.07 Å². The highest BCUT2D eigenvalue weighted by atomic mass is 19.1. The molecule has 3 aromatic rings. The number of nitrogens with zero attached hydrogens (tertiary/aromatic N) is 8. The van der Waals surface area contributed by atoms with Gasteiger partial charge in [0.2, 0.25) is 0 Å². The van der Waals surface area contributed by atoms with Crippen molar-refractivity contribution < 1.29 is 13.9 Å². The number of anilines is 1. The number of fused-ring (bicyclic) bond motifs is 1. The van der Waals surface area contributed by atoms with E-state index in [9.17, 15) is 14.4 Å². The van der Waals surface area contributed by atoms with Crippen LogP contribution in [0, 0.1) is 24.1 Å². The van der Waals surface area contributed by atoms with Gasteiger partial charge in [0.05, 0.1) is 36.2 Å². The molecule has 2 fully saturated rings. The van der Waals surface area contributed by atoms with Crippen LogP contribution in [0.3, 0.4) is 0 Å². The third-order valence-corrected chi connectivity index (χ3v) is 6.28. The Kier molecular flexibility index (Phi) is 5.87. The number of morpholine rings is 1. The number of nitrogens with one attached hydrogen (secondary N) is 1. The Morgan fingerprint density at radius 3 is 2.88 bits per heavy atom. The van der Waals surface area contributed by atoms with Gasteiger partial charge in [-0.3, -0.25) is 4.90 Å². The van der Waals surface area contributed by atoms with Gasteiger partial charge in [0.25, 0.3) is 0 Å². The molecule has 12 heteroatoms. The van der Waals surface area contributed by atoms with Crippen molar-refractivity contribution in [2.75, 3.05) is 38.1 Å². The Labute approximate surface area is 194 Å². The molecule has 0 unspecified atom stereocenters. The van der Waals surface area contributed by atoms with Gasteiger partial charge in [-0.05, 0) is 46.7 Å². The first-order chi connectivity index (χ1) is 16.5. The molecule has 0 spiro atoms. The number of piperazine rings is 1. The second-order valence-electron chi connectivity index (χ2n) is 8.25. The summed E-state index contributed by atoms with van der Waals surface area (Å²) < 4.78 is 21.4. The van der Waals surface area contributed by atoms with E-state index in [4.69, 9.17) is 4.74 Å². The average molecular weight is 463 g/mol. The minimum atomic E-state index is -0.516. The van der Waals surface area contributed by atoms with Crippen LogP contribution in [0.15, 0.2) is 36.8 Å². The van der Waals surface area contributed by atoms with E-state index in [2.05, 4.69) is 30.7 Å². The van der Waals surface area contributed by atoms with Gasteiger partial charge in [-0.15, -0.1) is 5.10 Å². The summed E-state index contributed by atoms with van der Waals surface area (Å²) in [4.78, 5) is 21.1. The van der Waals surface area contributed by atoms with Crippen LogP contribution in [0.1, 0.15) is 22.8 Å². The molecule has 1 aromatic carbocycles. The Morgan fingerprint density at radius 1 is 1.26 bits per heavy atom. The lowest BCUT2D eigenvalue weighted by Crippen LogP contribution is -2.60. The van der Waals surface area contributed by atoms with Crippen LogP contribution in [-0.4, -0.2) is 79.8 Å². The van der Waals surface area contributed by atoms with Crippen LogP contribution in [-0.2, 0) is 4.74 Å². The standard InChI is InChI=1S/C22H22FN9O2/c1-14-17(3-4-19(23)18(14)8-24)20-11-30-6-7-31(10-16(30)12-34-20)22(33)27-15-2-5-21(25-9-15)32-13-26-28-29-32/h2-5,9,13,16,20H,6-7,10-12H2,1H3,(H,27,33)/t16-,20+/m1/s1. The zero-order valence-electron chi connectivity index (χ0n) is 18.4. The number of benzene rings is 1. The summed E-state index contributed by atoms with van der Waals surface area (Å²) in [6.07, 6.45) is 2.76. The molecule has 11 nitrogen and oxygen atoms in total. The molecule has 0 saturated carbocycles. The summed E-state index contributed by atoms with van der Waals surface area (Å²) >= 11 is 0. The molecule has 1 N–H and O–H groups in total. The largest absolute Gasteiger partial charge is 0.370 e. The van der Waals surface area contributed by atoms with E-state index < -0.39 is 5.82 Å². The number of halogens is 1. The molecule has 2 atom stereocenters. The smallest absolute Gasteiger partial charge is 0.321 e. The number of tetrazole rings is 1. The van der Waals surface area contributed by atoms with Gasteiger partial charge >= 0.3 is 6.03 Å². The number of rotatable bonds is 3. The summed E-state index contributed by atoms with van der Waals surface area (Å²) in [5.74, 6) is 0.0288. The summed E-state index contributed by atoms with van der Waals surface area (Å²) in [5.41, 5.74) is 2.08. The molecule has 2 aromatic heterocycles. The molecule has 34 heavy (non-hydrogen) atoms. The zero-order valence-corrected chi connectivity index (χ0v) is 18.4. The molecular formula is C22H22FN9O2. The highest BCUT2D eigenvalue weighted by molar-refractivity contribution is 5.89. The number of carbonyl (C=O) groups excluding carboxylic acids is 1. The zero-order chi connectivity index (χ0) is 23.7. The van der Waals surface area contributed by atoms with Crippen molar-refractivity contribution in [3.8, 4) is 11.9 Å². The van der Waals surface area contributed by atoms with Crippen molar-refractivity contribution in [2.45, 2.75) is 19.1 Å². The summed E-state index contributed by atoms with van der Waals surface area (Å²) in [7, 11) is 0. The maximum absolute atomic E-state index is 13.9. The van der Waals surface area contributed by atoms with Gasteiger partial charge in [0, 0.05) is 26.2 Å². The molecular weight excluding hydrogens is 441 g/mol. The predicted molar refractivity (Wildman–Crippen MR) is 117 cm³/mol. The molecule has 174 valence electrons. The average Bonchev–Trinajstić information content (AvgIpc) is 3.39.